The minimum Gasteiger partial charge on any atom is -0.337 e. The first-order valence-electron chi connectivity index (χ1n) is 5.65. The fourth-order valence-electron chi connectivity index (χ4n) is 2.32. The summed E-state index contributed by atoms with van der Waals surface area (Å²) in [4.78, 5) is 14.1. The van der Waals surface area contributed by atoms with Gasteiger partial charge in [-0.05, 0) is 30.2 Å². The van der Waals surface area contributed by atoms with Crippen molar-refractivity contribution >= 4 is 17.2 Å². The van der Waals surface area contributed by atoms with Crippen LogP contribution >= 0.6 is 11.3 Å². The predicted molar refractivity (Wildman–Crippen MR) is 66.7 cm³/mol. The Morgan fingerprint density at radius 1 is 1.50 bits per heavy atom. The lowest BCUT2D eigenvalue weighted by Crippen LogP contribution is -2.48. The van der Waals surface area contributed by atoms with Crippen molar-refractivity contribution < 1.29 is 4.79 Å². The third-order valence-electron chi connectivity index (χ3n) is 3.07. The minimum absolute atomic E-state index is 0.131. The first-order chi connectivity index (χ1) is 7.58. The Hall–Kier alpha value is -0.870. The van der Waals surface area contributed by atoms with Crippen LogP contribution < -0.4 is 5.73 Å². The molecule has 2 unspecified atom stereocenters. The van der Waals surface area contributed by atoms with Crippen LogP contribution in [0.2, 0.25) is 0 Å². The number of carbonyl (C=O) groups is 1. The van der Waals surface area contributed by atoms with E-state index in [1.54, 1.807) is 11.3 Å². The molecule has 1 aromatic rings. The molecule has 1 aliphatic heterocycles. The maximum Gasteiger partial charge on any atom is 0.255 e. The van der Waals surface area contributed by atoms with Gasteiger partial charge in [0, 0.05) is 24.5 Å². The lowest BCUT2D eigenvalue weighted by atomic mass is 9.96. The molecule has 16 heavy (non-hydrogen) atoms. The molecule has 0 radical (unpaired) electrons. The van der Waals surface area contributed by atoms with Crippen molar-refractivity contribution in [3.8, 4) is 0 Å². The zero-order valence-corrected chi connectivity index (χ0v) is 10.6. The molecule has 1 aliphatic rings. The summed E-state index contributed by atoms with van der Waals surface area (Å²) >= 11 is 1.58. The number of likely N-dealkylation sites (tertiary alicyclic amines) is 1. The van der Waals surface area contributed by atoms with E-state index in [1.807, 2.05) is 22.6 Å². The summed E-state index contributed by atoms with van der Waals surface area (Å²) in [5, 5.41) is 3.95. The second-order valence-corrected chi connectivity index (χ2v) is 5.52. The van der Waals surface area contributed by atoms with Crippen LogP contribution in [-0.2, 0) is 0 Å². The summed E-state index contributed by atoms with van der Waals surface area (Å²) < 4.78 is 0. The molecule has 1 aromatic heterocycles. The molecule has 2 rings (SSSR count). The van der Waals surface area contributed by atoms with Crippen molar-refractivity contribution in [2.24, 2.45) is 11.7 Å². The van der Waals surface area contributed by atoms with Crippen LogP contribution in [0.15, 0.2) is 10.8 Å². The number of nitrogens with zero attached hydrogens (tertiary/aromatic N) is 1. The van der Waals surface area contributed by atoms with Gasteiger partial charge in [0.1, 0.15) is 0 Å². The standard InChI is InChI=1S/C12H18N2OS/c1-8-3-10(13)5-14(4-8)12(15)11-7-16-6-9(11)2/h6-8,10H,3-5,13H2,1-2H3. The van der Waals surface area contributed by atoms with Gasteiger partial charge in [0.15, 0.2) is 0 Å². The number of amides is 1. The third kappa shape index (κ3) is 2.28. The first kappa shape index (κ1) is 11.6. The van der Waals surface area contributed by atoms with Crippen LogP contribution in [0, 0.1) is 12.8 Å². The quantitative estimate of drug-likeness (QED) is 0.812. The van der Waals surface area contributed by atoms with Crippen LogP contribution in [0.25, 0.3) is 0 Å². The van der Waals surface area contributed by atoms with Gasteiger partial charge in [0.2, 0.25) is 0 Å². The van der Waals surface area contributed by atoms with Gasteiger partial charge in [-0.15, -0.1) is 0 Å². The molecule has 0 spiro atoms. The number of carbonyl (C=O) groups excluding carboxylic acids is 1. The van der Waals surface area contributed by atoms with Crippen molar-refractivity contribution in [2.75, 3.05) is 13.1 Å². The normalized spacial score (nSPS) is 25.8. The number of hydrogen-bond donors (Lipinski definition) is 1. The van der Waals surface area contributed by atoms with E-state index in [2.05, 4.69) is 6.92 Å². The third-order valence-corrected chi connectivity index (χ3v) is 3.93. The van der Waals surface area contributed by atoms with E-state index in [4.69, 9.17) is 5.73 Å². The molecule has 0 saturated carbocycles. The van der Waals surface area contributed by atoms with E-state index < -0.39 is 0 Å². The predicted octanol–water partition coefficient (Wildman–Crippen LogP) is 1.87. The summed E-state index contributed by atoms with van der Waals surface area (Å²) in [6.45, 7) is 5.66. The summed E-state index contributed by atoms with van der Waals surface area (Å²) in [7, 11) is 0. The van der Waals surface area contributed by atoms with Crippen LogP contribution in [0.4, 0.5) is 0 Å². The maximum atomic E-state index is 12.2. The van der Waals surface area contributed by atoms with Crippen molar-refractivity contribution in [1.82, 2.24) is 4.90 Å². The van der Waals surface area contributed by atoms with Gasteiger partial charge in [0.05, 0.1) is 5.56 Å². The molecular formula is C12H18N2OS. The molecule has 0 aromatic carbocycles. The molecule has 4 heteroatoms. The fraction of sp³-hybridized carbons (Fsp3) is 0.583. The minimum atomic E-state index is 0.131. The van der Waals surface area contributed by atoms with Crippen LogP contribution in [0.5, 0.6) is 0 Å². The average molecular weight is 238 g/mol. The summed E-state index contributed by atoms with van der Waals surface area (Å²) in [5.41, 5.74) is 7.86. The molecule has 1 amide bonds. The van der Waals surface area contributed by atoms with Crippen LogP contribution in [0.1, 0.15) is 29.3 Å². The van der Waals surface area contributed by atoms with E-state index >= 15 is 0 Å². The van der Waals surface area contributed by atoms with Gasteiger partial charge in [0.25, 0.3) is 5.91 Å². The average Bonchev–Trinajstić information content (AvgIpc) is 2.62. The highest BCUT2D eigenvalue weighted by Crippen LogP contribution is 2.20. The summed E-state index contributed by atoms with van der Waals surface area (Å²) in [6.07, 6.45) is 1.02. The molecule has 1 fully saturated rings. The zero-order chi connectivity index (χ0) is 11.7. The second kappa shape index (κ2) is 4.55. The number of hydrogen-bond acceptors (Lipinski definition) is 3. The molecule has 0 bridgehead atoms. The smallest absolute Gasteiger partial charge is 0.255 e. The van der Waals surface area contributed by atoms with E-state index in [1.165, 1.54) is 0 Å². The van der Waals surface area contributed by atoms with Crippen molar-refractivity contribution in [3.63, 3.8) is 0 Å². The molecule has 0 aliphatic carbocycles. The SMILES string of the molecule is Cc1cscc1C(=O)N1CC(C)CC(N)C1. The molecule has 88 valence electrons. The second-order valence-electron chi connectivity index (χ2n) is 4.78. The molecule has 3 nitrogen and oxygen atoms in total. The Morgan fingerprint density at radius 2 is 2.25 bits per heavy atom. The molecule has 2 heterocycles. The summed E-state index contributed by atoms with van der Waals surface area (Å²) in [5.74, 6) is 0.646. The molecule has 2 N–H and O–H groups in total. The van der Waals surface area contributed by atoms with Gasteiger partial charge < -0.3 is 10.6 Å². The number of thiophene rings is 1. The van der Waals surface area contributed by atoms with Gasteiger partial charge in [-0.3, -0.25) is 4.79 Å². The zero-order valence-electron chi connectivity index (χ0n) is 9.77. The highest BCUT2D eigenvalue weighted by Gasteiger charge is 2.27. The largest absolute Gasteiger partial charge is 0.337 e. The van der Waals surface area contributed by atoms with Gasteiger partial charge >= 0.3 is 0 Å². The van der Waals surface area contributed by atoms with E-state index in [9.17, 15) is 4.79 Å². The lowest BCUT2D eigenvalue weighted by Gasteiger charge is -2.34. The van der Waals surface area contributed by atoms with Gasteiger partial charge in [-0.2, -0.15) is 11.3 Å². The maximum absolute atomic E-state index is 12.2. The Balaban J connectivity index is 2.13. The Kier molecular flexibility index (Phi) is 3.30. The highest BCUT2D eigenvalue weighted by molar-refractivity contribution is 7.08. The monoisotopic (exact) mass is 238 g/mol. The Labute approximate surface area is 100 Å². The lowest BCUT2D eigenvalue weighted by molar-refractivity contribution is 0.0661. The van der Waals surface area contributed by atoms with Crippen molar-refractivity contribution in [2.45, 2.75) is 26.3 Å². The van der Waals surface area contributed by atoms with Crippen molar-refractivity contribution in [1.29, 1.82) is 0 Å². The van der Waals surface area contributed by atoms with E-state index in [-0.39, 0.29) is 11.9 Å². The van der Waals surface area contributed by atoms with Crippen LogP contribution in [-0.4, -0.2) is 29.9 Å². The Morgan fingerprint density at radius 3 is 2.81 bits per heavy atom. The topological polar surface area (TPSA) is 46.3 Å². The highest BCUT2D eigenvalue weighted by atomic mass is 32.1. The number of nitrogens with two attached hydrogens (primary N) is 1. The molecular weight excluding hydrogens is 220 g/mol. The molecule has 1 saturated heterocycles. The Bertz CT molecular complexity index is 378. The van der Waals surface area contributed by atoms with E-state index in [0.29, 0.717) is 12.5 Å². The number of rotatable bonds is 1. The molecule has 2 atom stereocenters. The number of aryl methyl sites for hydroxylation is 1. The summed E-state index contributed by atoms with van der Waals surface area (Å²) in [6, 6.07) is 0.131. The fourth-order valence-corrected chi connectivity index (χ4v) is 3.14. The van der Waals surface area contributed by atoms with E-state index in [0.717, 1.165) is 24.1 Å². The first-order valence-corrected chi connectivity index (χ1v) is 6.60. The number of piperidine rings is 1. The van der Waals surface area contributed by atoms with Gasteiger partial charge in [-0.1, -0.05) is 6.92 Å². The van der Waals surface area contributed by atoms with Crippen LogP contribution in [0.3, 0.4) is 0 Å². The van der Waals surface area contributed by atoms with Gasteiger partial charge in [-0.25, -0.2) is 0 Å². The van der Waals surface area contributed by atoms with Crippen molar-refractivity contribution in [3.05, 3.63) is 21.9 Å².